The van der Waals surface area contributed by atoms with Crippen molar-refractivity contribution >= 4 is 12.4 Å². The Balaban J connectivity index is 0.000000853. The van der Waals surface area contributed by atoms with E-state index < -0.39 is 0 Å². The second kappa shape index (κ2) is 5.00. The van der Waals surface area contributed by atoms with Crippen LogP contribution in [0.3, 0.4) is 0 Å². The van der Waals surface area contributed by atoms with Crippen LogP contribution >= 0.6 is 12.4 Å². The van der Waals surface area contributed by atoms with Gasteiger partial charge in [0.1, 0.15) is 0 Å². The molecule has 15 heavy (non-hydrogen) atoms. The molecule has 0 aromatic carbocycles. The van der Waals surface area contributed by atoms with Crippen molar-refractivity contribution in [1.82, 2.24) is 15.5 Å². The van der Waals surface area contributed by atoms with Gasteiger partial charge in [-0.1, -0.05) is 0 Å². The van der Waals surface area contributed by atoms with Crippen LogP contribution in [0.1, 0.15) is 25.7 Å². The van der Waals surface area contributed by atoms with Crippen LogP contribution in [0.25, 0.3) is 0 Å². The molecule has 2 atom stereocenters. The first-order valence-corrected chi connectivity index (χ1v) is 6.15. The van der Waals surface area contributed by atoms with Crippen molar-refractivity contribution in [2.45, 2.75) is 43.8 Å². The minimum absolute atomic E-state index is 0. The van der Waals surface area contributed by atoms with E-state index >= 15 is 0 Å². The molecule has 0 saturated carbocycles. The highest BCUT2D eigenvalue weighted by atomic mass is 35.5. The standard InChI is InChI=1S/C11H21N3.ClH/c1-3-10(13-5-1)11-4-2-6-14(11)9-7-12-8-9;/h9-13H,1-8H2;1H. The summed E-state index contributed by atoms with van der Waals surface area (Å²) in [6.45, 7) is 5.04. The molecule has 3 aliphatic rings. The van der Waals surface area contributed by atoms with Crippen LogP contribution < -0.4 is 10.6 Å². The van der Waals surface area contributed by atoms with Crippen LogP contribution in [-0.4, -0.2) is 49.2 Å². The fourth-order valence-corrected chi connectivity index (χ4v) is 3.25. The van der Waals surface area contributed by atoms with Crippen LogP contribution in [0.15, 0.2) is 0 Å². The zero-order chi connectivity index (χ0) is 9.38. The lowest BCUT2D eigenvalue weighted by atomic mass is 10.0. The highest BCUT2D eigenvalue weighted by Gasteiger charge is 2.38. The molecule has 3 heterocycles. The SMILES string of the molecule is C1CNC(C2CCCN2C2CNC2)C1.Cl. The van der Waals surface area contributed by atoms with Gasteiger partial charge in [-0.15, -0.1) is 12.4 Å². The van der Waals surface area contributed by atoms with Crippen LogP contribution in [0.5, 0.6) is 0 Å². The quantitative estimate of drug-likeness (QED) is 0.729. The monoisotopic (exact) mass is 231 g/mol. The third kappa shape index (κ3) is 2.16. The zero-order valence-electron chi connectivity index (χ0n) is 9.24. The molecule has 0 radical (unpaired) electrons. The molecular formula is C11H22ClN3. The fourth-order valence-electron chi connectivity index (χ4n) is 3.25. The first-order valence-electron chi connectivity index (χ1n) is 6.15. The summed E-state index contributed by atoms with van der Waals surface area (Å²) < 4.78 is 0. The Hall–Kier alpha value is 0.170. The maximum atomic E-state index is 3.67. The Morgan fingerprint density at radius 3 is 2.53 bits per heavy atom. The van der Waals surface area contributed by atoms with Gasteiger partial charge in [-0.05, 0) is 38.8 Å². The van der Waals surface area contributed by atoms with Gasteiger partial charge in [0.25, 0.3) is 0 Å². The van der Waals surface area contributed by atoms with Gasteiger partial charge in [-0.2, -0.15) is 0 Å². The molecule has 3 nitrogen and oxygen atoms in total. The van der Waals surface area contributed by atoms with E-state index in [-0.39, 0.29) is 12.4 Å². The molecule has 0 bridgehead atoms. The van der Waals surface area contributed by atoms with E-state index in [0.29, 0.717) is 0 Å². The lowest BCUT2D eigenvalue weighted by Crippen LogP contribution is -2.60. The molecule has 3 saturated heterocycles. The predicted octanol–water partition coefficient (Wildman–Crippen LogP) is 0.596. The molecule has 3 aliphatic heterocycles. The number of nitrogens with one attached hydrogen (secondary N) is 2. The van der Waals surface area contributed by atoms with Gasteiger partial charge >= 0.3 is 0 Å². The molecule has 0 aliphatic carbocycles. The van der Waals surface area contributed by atoms with Gasteiger partial charge in [0.2, 0.25) is 0 Å². The lowest BCUT2D eigenvalue weighted by molar-refractivity contribution is 0.113. The second-order valence-corrected chi connectivity index (χ2v) is 4.96. The van der Waals surface area contributed by atoms with Gasteiger partial charge in [0.05, 0.1) is 0 Å². The van der Waals surface area contributed by atoms with Gasteiger partial charge in [0.15, 0.2) is 0 Å². The minimum Gasteiger partial charge on any atom is -0.314 e. The molecule has 0 amide bonds. The van der Waals surface area contributed by atoms with Crippen molar-refractivity contribution in [3.8, 4) is 0 Å². The molecule has 2 unspecified atom stereocenters. The van der Waals surface area contributed by atoms with Crippen LogP contribution in [0.2, 0.25) is 0 Å². The Morgan fingerprint density at radius 2 is 1.93 bits per heavy atom. The average molecular weight is 232 g/mol. The molecule has 88 valence electrons. The molecule has 0 aromatic heterocycles. The van der Waals surface area contributed by atoms with E-state index in [2.05, 4.69) is 15.5 Å². The maximum Gasteiger partial charge on any atom is 0.0348 e. The predicted molar refractivity (Wildman–Crippen MR) is 64.7 cm³/mol. The lowest BCUT2D eigenvalue weighted by Gasteiger charge is -2.41. The van der Waals surface area contributed by atoms with Gasteiger partial charge in [0, 0.05) is 31.2 Å². The summed E-state index contributed by atoms with van der Waals surface area (Å²) in [4.78, 5) is 2.76. The molecular weight excluding hydrogens is 210 g/mol. The third-order valence-corrected chi connectivity index (χ3v) is 4.13. The van der Waals surface area contributed by atoms with E-state index in [1.165, 1.54) is 51.9 Å². The Labute approximate surface area is 98.4 Å². The summed E-state index contributed by atoms with van der Waals surface area (Å²) in [6.07, 6.45) is 5.63. The number of hydrogen-bond acceptors (Lipinski definition) is 3. The van der Waals surface area contributed by atoms with E-state index in [1.54, 1.807) is 0 Å². The van der Waals surface area contributed by atoms with Crippen LogP contribution in [0.4, 0.5) is 0 Å². The Bertz CT molecular complexity index is 202. The van der Waals surface area contributed by atoms with Gasteiger partial charge in [-0.25, -0.2) is 0 Å². The summed E-state index contributed by atoms with van der Waals surface area (Å²) in [6, 6.07) is 2.51. The highest BCUT2D eigenvalue weighted by Crippen LogP contribution is 2.27. The van der Waals surface area contributed by atoms with Crippen molar-refractivity contribution in [2.24, 2.45) is 0 Å². The largest absolute Gasteiger partial charge is 0.314 e. The van der Waals surface area contributed by atoms with Gasteiger partial charge < -0.3 is 10.6 Å². The molecule has 0 aromatic rings. The van der Waals surface area contributed by atoms with Crippen molar-refractivity contribution in [2.75, 3.05) is 26.2 Å². The molecule has 0 spiro atoms. The molecule has 4 heteroatoms. The first-order chi connectivity index (χ1) is 6.95. The number of hydrogen-bond donors (Lipinski definition) is 2. The summed E-state index contributed by atoms with van der Waals surface area (Å²) in [5.41, 5.74) is 0. The van der Waals surface area contributed by atoms with Gasteiger partial charge in [-0.3, -0.25) is 4.90 Å². The Morgan fingerprint density at radius 1 is 1.07 bits per heavy atom. The summed E-state index contributed by atoms with van der Waals surface area (Å²) in [5, 5.41) is 7.06. The topological polar surface area (TPSA) is 27.3 Å². The van der Waals surface area contributed by atoms with Crippen molar-refractivity contribution in [3.05, 3.63) is 0 Å². The summed E-state index contributed by atoms with van der Waals surface area (Å²) in [7, 11) is 0. The molecule has 2 N–H and O–H groups in total. The zero-order valence-corrected chi connectivity index (χ0v) is 10.1. The highest BCUT2D eigenvalue weighted by molar-refractivity contribution is 5.85. The summed E-state index contributed by atoms with van der Waals surface area (Å²) in [5.74, 6) is 0. The van der Waals surface area contributed by atoms with E-state index in [0.717, 1.165) is 18.1 Å². The van der Waals surface area contributed by atoms with Crippen molar-refractivity contribution in [1.29, 1.82) is 0 Å². The first kappa shape index (κ1) is 11.6. The number of likely N-dealkylation sites (tertiary alicyclic amines) is 1. The summed E-state index contributed by atoms with van der Waals surface area (Å²) >= 11 is 0. The normalized spacial score (nSPS) is 37.6. The minimum atomic E-state index is 0. The number of rotatable bonds is 2. The molecule has 3 rings (SSSR count). The maximum absolute atomic E-state index is 3.67. The molecule has 3 fully saturated rings. The van der Waals surface area contributed by atoms with Crippen molar-refractivity contribution < 1.29 is 0 Å². The Kier molecular flexibility index (Phi) is 3.88. The van der Waals surface area contributed by atoms with Crippen LogP contribution in [-0.2, 0) is 0 Å². The third-order valence-electron chi connectivity index (χ3n) is 4.13. The van der Waals surface area contributed by atoms with E-state index in [4.69, 9.17) is 0 Å². The average Bonchev–Trinajstić information content (AvgIpc) is 2.66. The van der Waals surface area contributed by atoms with E-state index in [9.17, 15) is 0 Å². The van der Waals surface area contributed by atoms with Crippen LogP contribution in [0, 0.1) is 0 Å². The van der Waals surface area contributed by atoms with E-state index in [1.807, 2.05) is 0 Å². The van der Waals surface area contributed by atoms with Crippen molar-refractivity contribution in [3.63, 3.8) is 0 Å². The fraction of sp³-hybridized carbons (Fsp3) is 1.00. The smallest absolute Gasteiger partial charge is 0.0348 e. The number of halogens is 1. The number of nitrogens with zero attached hydrogens (tertiary/aromatic N) is 1. The second-order valence-electron chi connectivity index (χ2n) is 4.96.